The Bertz CT molecular complexity index is 835. The fraction of sp³-hybridized carbons (Fsp3) is 0.368. The number of carbonyl (C=O) groups excluding carboxylic acids is 3. The molecule has 8 heteroatoms. The fourth-order valence-electron chi connectivity index (χ4n) is 2.91. The highest BCUT2D eigenvalue weighted by atomic mass is 32.1. The number of amides is 3. The van der Waals surface area contributed by atoms with Crippen LogP contribution in [0.4, 0.5) is 0 Å². The number of nitrogens with zero attached hydrogens (tertiary/aromatic N) is 2. The van der Waals surface area contributed by atoms with Gasteiger partial charge in [0, 0.05) is 18.5 Å². The highest BCUT2D eigenvalue weighted by Crippen LogP contribution is 2.27. The summed E-state index contributed by atoms with van der Waals surface area (Å²) in [6.07, 6.45) is 3.23. The van der Waals surface area contributed by atoms with Gasteiger partial charge in [0.1, 0.15) is 16.4 Å². The average molecular weight is 386 g/mol. The molecule has 1 aliphatic rings. The van der Waals surface area contributed by atoms with Crippen LogP contribution in [0.3, 0.4) is 0 Å². The zero-order valence-corrected chi connectivity index (χ0v) is 16.0. The molecule has 1 aliphatic heterocycles. The topological polar surface area (TPSA) is 91.4 Å². The van der Waals surface area contributed by atoms with Gasteiger partial charge in [-0.05, 0) is 19.8 Å². The maximum absolute atomic E-state index is 12.4. The van der Waals surface area contributed by atoms with Crippen molar-refractivity contribution in [3.8, 4) is 10.6 Å². The summed E-state index contributed by atoms with van der Waals surface area (Å²) in [6, 6.07) is 9.61. The third-order valence-electron chi connectivity index (χ3n) is 4.34. The second-order valence-electron chi connectivity index (χ2n) is 6.43. The molecule has 142 valence electrons. The molecule has 1 fully saturated rings. The Morgan fingerprint density at radius 3 is 2.70 bits per heavy atom. The molecule has 0 unspecified atom stereocenters. The Hall–Kier alpha value is -2.74. The van der Waals surface area contributed by atoms with Gasteiger partial charge < -0.3 is 4.90 Å². The van der Waals surface area contributed by atoms with Crippen molar-refractivity contribution in [2.75, 3.05) is 13.1 Å². The number of aromatic nitrogens is 1. The molecule has 0 atom stereocenters. The van der Waals surface area contributed by atoms with Crippen LogP contribution < -0.4 is 10.9 Å². The van der Waals surface area contributed by atoms with Crippen LogP contribution in [-0.2, 0) is 9.59 Å². The van der Waals surface area contributed by atoms with Gasteiger partial charge in [-0.1, -0.05) is 36.8 Å². The Kier molecular flexibility index (Phi) is 6.18. The minimum atomic E-state index is -0.414. The van der Waals surface area contributed by atoms with Crippen molar-refractivity contribution in [3.63, 3.8) is 0 Å². The highest BCUT2D eigenvalue weighted by molar-refractivity contribution is 7.17. The molecule has 7 nitrogen and oxygen atoms in total. The molecular weight excluding hydrogens is 364 g/mol. The summed E-state index contributed by atoms with van der Waals surface area (Å²) >= 11 is 1.27. The van der Waals surface area contributed by atoms with Crippen molar-refractivity contribution < 1.29 is 14.4 Å². The van der Waals surface area contributed by atoms with E-state index in [1.807, 2.05) is 30.3 Å². The molecule has 2 N–H and O–H groups in total. The second kappa shape index (κ2) is 8.77. The first kappa shape index (κ1) is 19.0. The van der Waals surface area contributed by atoms with E-state index in [0.29, 0.717) is 23.5 Å². The van der Waals surface area contributed by atoms with E-state index in [1.165, 1.54) is 11.3 Å². The number of hydrazine groups is 1. The van der Waals surface area contributed by atoms with Gasteiger partial charge in [-0.25, -0.2) is 4.98 Å². The number of rotatable bonds is 4. The van der Waals surface area contributed by atoms with Crippen LogP contribution in [-0.4, -0.2) is 40.7 Å². The molecule has 2 heterocycles. The summed E-state index contributed by atoms with van der Waals surface area (Å²) in [4.78, 5) is 42.8. The van der Waals surface area contributed by atoms with E-state index < -0.39 is 11.8 Å². The monoisotopic (exact) mass is 386 g/mol. The summed E-state index contributed by atoms with van der Waals surface area (Å²) < 4.78 is 0. The van der Waals surface area contributed by atoms with E-state index in [4.69, 9.17) is 0 Å². The van der Waals surface area contributed by atoms with Crippen molar-refractivity contribution in [3.05, 3.63) is 40.9 Å². The first-order chi connectivity index (χ1) is 13.0. The molecule has 1 aromatic carbocycles. The zero-order valence-electron chi connectivity index (χ0n) is 15.2. The summed E-state index contributed by atoms with van der Waals surface area (Å²) in [6.45, 7) is 2.29. The van der Waals surface area contributed by atoms with Gasteiger partial charge in [0.25, 0.3) is 11.8 Å². The van der Waals surface area contributed by atoms with E-state index in [0.717, 1.165) is 29.8 Å². The van der Waals surface area contributed by atoms with Gasteiger partial charge in [-0.15, -0.1) is 11.3 Å². The standard InChI is InChI=1S/C19H22N4O3S/c1-13-17(27-19(20-13)14-8-4-2-5-9-14)18(26)22-21-15(24)12-23-11-7-3-6-10-16(23)25/h2,4-5,8-9H,3,6-7,10-12H2,1H3,(H,21,24)(H,22,26). The van der Waals surface area contributed by atoms with Gasteiger partial charge in [0.15, 0.2) is 0 Å². The van der Waals surface area contributed by atoms with Gasteiger partial charge >= 0.3 is 0 Å². The smallest absolute Gasteiger partial charge is 0.281 e. The van der Waals surface area contributed by atoms with Crippen molar-refractivity contribution >= 4 is 29.1 Å². The molecule has 0 aliphatic carbocycles. The van der Waals surface area contributed by atoms with E-state index in [1.54, 1.807) is 11.8 Å². The van der Waals surface area contributed by atoms with Crippen LogP contribution in [0.15, 0.2) is 30.3 Å². The number of aryl methyl sites for hydroxylation is 1. The van der Waals surface area contributed by atoms with Crippen LogP contribution in [0.5, 0.6) is 0 Å². The molecule has 0 saturated carbocycles. The quantitative estimate of drug-likeness (QED) is 0.789. The lowest BCUT2D eigenvalue weighted by molar-refractivity contribution is -0.135. The largest absolute Gasteiger partial charge is 0.333 e. The number of nitrogens with one attached hydrogen (secondary N) is 2. The normalized spacial score (nSPS) is 14.6. The summed E-state index contributed by atoms with van der Waals surface area (Å²) in [5, 5.41) is 0.750. The third kappa shape index (κ3) is 4.91. The average Bonchev–Trinajstić information content (AvgIpc) is 2.95. The molecule has 3 rings (SSSR count). The van der Waals surface area contributed by atoms with Gasteiger partial charge in [0.2, 0.25) is 5.91 Å². The maximum Gasteiger partial charge on any atom is 0.281 e. The van der Waals surface area contributed by atoms with E-state index in [2.05, 4.69) is 15.8 Å². The Labute approximate surface area is 161 Å². The minimum absolute atomic E-state index is 0.0141. The predicted octanol–water partition coefficient (Wildman–Crippen LogP) is 2.28. The Morgan fingerprint density at radius 1 is 1.15 bits per heavy atom. The van der Waals surface area contributed by atoms with E-state index >= 15 is 0 Å². The van der Waals surface area contributed by atoms with Gasteiger partial charge in [0.05, 0.1) is 5.69 Å². The molecule has 27 heavy (non-hydrogen) atoms. The lowest BCUT2D eigenvalue weighted by atomic mass is 10.2. The summed E-state index contributed by atoms with van der Waals surface area (Å²) in [5.41, 5.74) is 6.35. The van der Waals surface area contributed by atoms with Crippen LogP contribution in [0, 0.1) is 6.92 Å². The molecular formula is C19H22N4O3S. The lowest BCUT2D eigenvalue weighted by Crippen LogP contribution is -2.47. The maximum atomic E-state index is 12.4. The first-order valence-corrected chi connectivity index (χ1v) is 9.76. The number of hydrogen-bond donors (Lipinski definition) is 2. The van der Waals surface area contributed by atoms with Crippen molar-refractivity contribution in [1.82, 2.24) is 20.7 Å². The van der Waals surface area contributed by atoms with Gasteiger partial charge in [-0.3, -0.25) is 25.2 Å². The number of thiazole rings is 1. The van der Waals surface area contributed by atoms with Gasteiger partial charge in [-0.2, -0.15) is 0 Å². The van der Waals surface area contributed by atoms with E-state index in [-0.39, 0.29) is 12.5 Å². The SMILES string of the molecule is Cc1nc(-c2ccccc2)sc1C(=O)NNC(=O)CN1CCCCCC1=O. The zero-order chi connectivity index (χ0) is 19.2. The van der Waals surface area contributed by atoms with Crippen LogP contribution in [0.2, 0.25) is 0 Å². The van der Waals surface area contributed by atoms with Crippen molar-refractivity contribution in [2.24, 2.45) is 0 Å². The Balaban J connectivity index is 1.57. The van der Waals surface area contributed by atoms with E-state index in [9.17, 15) is 14.4 Å². The van der Waals surface area contributed by atoms with Crippen molar-refractivity contribution in [1.29, 1.82) is 0 Å². The number of likely N-dealkylation sites (tertiary alicyclic amines) is 1. The highest BCUT2D eigenvalue weighted by Gasteiger charge is 2.20. The predicted molar refractivity (Wildman–Crippen MR) is 103 cm³/mol. The fourth-order valence-corrected chi connectivity index (χ4v) is 3.88. The summed E-state index contributed by atoms with van der Waals surface area (Å²) in [7, 11) is 0. The molecule has 1 saturated heterocycles. The first-order valence-electron chi connectivity index (χ1n) is 8.94. The second-order valence-corrected chi connectivity index (χ2v) is 7.43. The molecule has 0 bridgehead atoms. The number of hydrogen-bond acceptors (Lipinski definition) is 5. The Morgan fingerprint density at radius 2 is 1.93 bits per heavy atom. The molecule has 3 amide bonds. The number of carbonyl (C=O) groups is 3. The molecule has 2 aromatic rings. The minimum Gasteiger partial charge on any atom is -0.333 e. The molecule has 0 radical (unpaired) electrons. The van der Waals surface area contributed by atoms with Crippen LogP contribution in [0.25, 0.3) is 10.6 Å². The molecule has 1 aromatic heterocycles. The third-order valence-corrected chi connectivity index (χ3v) is 5.55. The van der Waals surface area contributed by atoms with Crippen LogP contribution in [0.1, 0.15) is 41.0 Å². The number of benzene rings is 1. The lowest BCUT2D eigenvalue weighted by Gasteiger charge is -2.19. The van der Waals surface area contributed by atoms with Crippen LogP contribution >= 0.6 is 11.3 Å². The summed E-state index contributed by atoms with van der Waals surface area (Å²) in [5.74, 6) is -0.841. The molecule has 0 spiro atoms. The van der Waals surface area contributed by atoms with Crippen molar-refractivity contribution in [2.45, 2.75) is 32.6 Å².